The molecule has 1 amide bonds. The summed E-state index contributed by atoms with van der Waals surface area (Å²) >= 11 is 0. The fourth-order valence-corrected chi connectivity index (χ4v) is 3.35. The number of aromatic nitrogens is 2. The van der Waals surface area contributed by atoms with Gasteiger partial charge in [0.25, 0.3) is 0 Å². The van der Waals surface area contributed by atoms with Gasteiger partial charge >= 0.3 is 6.18 Å². The van der Waals surface area contributed by atoms with Gasteiger partial charge in [0.15, 0.2) is 0 Å². The number of nitrogens with zero attached hydrogens (tertiary/aromatic N) is 3. The van der Waals surface area contributed by atoms with Crippen molar-refractivity contribution in [3.63, 3.8) is 0 Å². The highest BCUT2D eigenvalue weighted by atomic mass is 19.4. The number of carbonyl (C=O) groups excluding carboxylic acids is 1. The van der Waals surface area contributed by atoms with Gasteiger partial charge in [-0.15, -0.1) is 0 Å². The molecule has 0 bridgehead atoms. The Labute approximate surface area is 161 Å². The van der Waals surface area contributed by atoms with Crippen LogP contribution in [0.2, 0.25) is 0 Å². The smallest absolute Gasteiger partial charge is 0.369 e. The first-order valence-electron chi connectivity index (χ1n) is 8.90. The number of hydrogen-bond acceptors (Lipinski definition) is 3. The highest BCUT2D eigenvalue weighted by molar-refractivity contribution is 5.87. The maximum atomic E-state index is 13.4. The Bertz CT molecular complexity index is 811. The number of ether oxygens (including phenoxy) is 1. The minimum Gasteiger partial charge on any atom is -0.369 e. The van der Waals surface area contributed by atoms with Crippen LogP contribution in [0.25, 0.3) is 0 Å². The molecule has 2 heterocycles. The highest BCUT2D eigenvalue weighted by Crippen LogP contribution is 2.42. The van der Waals surface area contributed by atoms with Gasteiger partial charge in [-0.3, -0.25) is 9.48 Å². The molecule has 5 nitrogen and oxygen atoms in total. The summed E-state index contributed by atoms with van der Waals surface area (Å²) in [4.78, 5) is 13.6. The predicted octanol–water partition coefficient (Wildman–Crippen LogP) is 3.46. The van der Waals surface area contributed by atoms with Gasteiger partial charge in [-0.1, -0.05) is 37.0 Å². The van der Waals surface area contributed by atoms with E-state index >= 15 is 0 Å². The summed E-state index contributed by atoms with van der Waals surface area (Å²) in [6.07, 6.45) is 6.72. The van der Waals surface area contributed by atoms with E-state index in [1.807, 2.05) is 0 Å². The third-order valence-electron chi connectivity index (χ3n) is 5.01. The molecular weight excluding hydrogens is 371 g/mol. The molecule has 1 unspecified atom stereocenters. The monoisotopic (exact) mass is 393 g/mol. The van der Waals surface area contributed by atoms with Crippen LogP contribution in [0, 0.1) is 5.41 Å². The lowest BCUT2D eigenvalue weighted by Crippen LogP contribution is -2.32. The van der Waals surface area contributed by atoms with Crippen molar-refractivity contribution in [2.75, 3.05) is 19.7 Å². The van der Waals surface area contributed by atoms with E-state index in [0.29, 0.717) is 18.7 Å². The second kappa shape index (κ2) is 7.79. The molecule has 1 aliphatic heterocycles. The zero-order valence-electron chi connectivity index (χ0n) is 15.5. The number of halogens is 3. The first-order valence-corrected chi connectivity index (χ1v) is 8.90. The van der Waals surface area contributed by atoms with Crippen molar-refractivity contribution in [2.45, 2.75) is 25.2 Å². The summed E-state index contributed by atoms with van der Waals surface area (Å²) in [5.41, 5.74) is -1.63. The minimum absolute atomic E-state index is 0.00239. The number of likely N-dealkylation sites (tertiary alicyclic amines) is 1. The van der Waals surface area contributed by atoms with E-state index in [-0.39, 0.29) is 18.6 Å². The molecule has 2 aliphatic rings. The van der Waals surface area contributed by atoms with Crippen LogP contribution in [-0.4, -0.2) is 52.6 Å². The van der Waals surface area contributed by atoms with Gasteiger partial charge in [-0.05, 0) is 24.6 Å². The van der Waals surface area contributed by atoms with Crippen molar-refractivity contribution < 1.29 is 22.7 Å². The Morgan fingerprint density at radius 1 is 1.43 bits per heavy atom. The predicted molar refractivity (Wildman–Crippen MR) is 98.3 cm³/mol. The van der Waals surface area contributed by atoms with Crippen LogP contribution in [0.3, 0.4) is 0 Å². The van der Waals surface area contributed by atoms with Gasteiger partial charge in [0.1, 0.15) is 5.41 Å². The summed E-state index contributed by atoms with van der Waals surface area (Å²) in [5.74, 6) is -0.217. The topological polar surface area (TPSA) is 47.4 Å². The van der Waals surface area contributed by atoms with Gasteiger partial charge in [-0.25, -0.2) is 0 Å². The molecule has 3 rings (SSSR count). The van der Waals surface area contributed by atoms with Crippen molar-refractivity contribution in [1.29, 1.82) is 0 Å². The molecule has 0 saturated carbocycles. The molecule has 0 radical (unpaired) electrons. The lowest BCUT2D eigenvalue weighted by Gasteiger charge is -2.26. The maximum Gasteiger partial charge on any atom is 0.400 e. The molecular formula is C20H22F3N3O2. The van der Waals surface area contributed by atoms with E-state index in [1.54, 1.807) is 40.2 Å². The Hall–Kier alpha value is -2.61. The zero-order chi connectivity index (χ0) is 20.4. The average Bonchev–Trinajstić information content (AvgIpc) is 3.26. The van der Waals surface area contributed by atoms with E-state index in [4.69, 9.17) is 4.74 Å². The molecule has 1 saturated heterocycles. The van der Waals surface area contributed by atoms with E-state index in [0.717, 1.165) is 13.0 Å². The van der Waals surface area contributed by atoms with Crippen LogP contribution >= 0.6 is 0 Å². The fourth-order valence-electron chi connectivity index (χ4n) is 3.35. The number of amides is 1. The van der Waals surface area contributed by atoms with Gasteiger partial charge in [-0.2, -0.15) is 18.3 Å². The molecule has 3 atom stereocenters. The molecule has 8 heteroatoms. The third kappa shape index (κ3) is 4.11. The Kier molecular flexibility index (Phi) is 5.60. The van der Waals surface area contributed by atoms with Crippen molar-refractivity contribution in [3.8, 4) is 0 Å². The number of rotatable bonds is 5. The van der Waals surface area contributed by atoms with Crippen LogP contribution in [0.4, 0.5) is 13.2 Å². The minimum atomic E-state index is -4.40. The van der Waals surface area contributed by atoms with Gasteiger partial charge in [0, 0.05) is 25.5 Å². The average molecular weight is 393 g/mol. The quantitative estimate of drug-likeness (QED) is 0.720. The van der Waals surface area contributed by atoms with Gasteiger partial charge < -0.3 is 9.64 Å². The molecule has 1 aromatic rings. The third-order valence-corrected chi connectivity index (χ3v) is 5.01. The Morgan fingerprint density at radius 3 is 2.86 bits per heavy atom. The van der Waals surface area contributed by atoms with E-state index < -0.39 is 17.7 Å². The van der Waals surface area contributed by atoms with Crippen LogP contribution in [0.5, 0.6) is 0 Å². The second-order valence-electron chi connectivity index (χ2n) is 7.07. The molecule has 0 aromatic carbocycles. The van der Waals surface area contributed by atoms with Crippen LogP contribution in [0.1, 0.15) is 13.0 Å². The van der Waals surface area contributed by atoms with Crippen LogP contribution in [0.15, 0.2) is 67.1 Å². The van der Waals surface area contributed by atoms with E-state index in [1.165, 1.54) is 18.2 Å². The van der Waals surface area contributed by atoms with Crippen LogP contribution < -0.4 is 0 Å². The summed E-state index contributed by atoms with van der Waals surface area (Å²) in [6, 6.07) is 1.55. The molecule has 0 spiro atoms. The number of allylic oxidation sites excluding steroid dienone is 4. The molecule has 150 valence electrons. The molecule has 1 fully saturated rings. The van der Waals surface area contributed by atoms with E-state index in [2.05, 4.69) is 11.7 Å². The van der Waals surface area contributed by atoms with Crippen molar-refractivity contribution in [2.24, 2.45) is 5.41 Å². The van der Waals surface area contributed by atoms with Crippen molar-refractivity contribution in [1.82, 2.24) is 14.7 Å². The Morgan fingerprint density at radius 2 is 2.21 bits per heavy atom. The van der Waals surface area contributed by atoms with E-state index in [9.17, 15) is 18.0 Å². The zero-order valence-corrected chi connectivity index (χ0v) is 15.5. The largest absolute Gasteiger partial charge is 0.400 e. The van der Waals surface area contributed by atoms with Crippen molar-refractivity contribution in [3.05, 3.63) is 67.1 Å². The number of carbonyl (C=O) groups is 1. The summed E-state index contributed by atoms with van der Waals surface area (Å²) in [7, 11) is 0. The summed E-state index contributed by atoms with van der Waals surface area (Å²) < 4.78 is 47.9. The normalized spacial score (nSPS) is 27.6. The fraction of sp³-hybridized carbons (Fsp3) is 0.400. The maximum absolute atomic E-state index is 13.4. The second-order valence-corrected chi connectivity index (χ2v) is 7.07. The van der Waals surface area contributed by atoms with Gasteiger partial charge in [0.05, 0.1) is 18.8 Å². The highest BCUT2D eigenvalue weighted by Gasteiger charge is 2.48. The first kappa shape index (κ1) is 20.1. The summed E-state index contributed by atoms with van der Waals surface area (Å²) in [5, 5.41) is 4.22. The number of hydrogen-bond donors (Lipinski definition) is 0. The first-order chi connectivity index (χ1) is 13.2. The SMILES string of the molecule is C=CC(=O)N1C[C@@H](n2cccn2)[C@H](OCC2=CC(C)(C(F)(F)F)C=CC=C2)C1. The van der Waals surface area contributed by atoms with Crippen molar-refractivity contribution >= 4 is 5.91 Å². The number of alkyl halides is 3. The molecule has 28 heavy (non-hydrogen) atoms. The Balaban J connectivity index is 1.76. The summed E-state index contributed by atoms with van der Waals surface area (Å²) in [6.45, 7) is 5.35. The van der Waals surface area contributed by atoms with Gasteiger partial charge in [0.2, 0.25) is 5.91 Å². The van der Waals surface area contributed by atoms with Crippen LogP contribution in [-0.2, 0) is 9.53 Å². The standard InChI is InChI=1S/C20H22F3N3O2/c1-3-18(27)25-12-16(26-10-6-9-24-26)17(13-25)28-14-15-7-4-5-8-19(2,11-15)20(21,22)23/h3-11,16-17H,1,12-14H2,2H3/t16-,17-,19?/m1/s1. The lowest BCUT2D eigenvalue weighted by atomic mass is 9.88. The lowest BCUT2D eigenvalue weighted by molar-refractivity contribution is -0.183. The molecule has 0 N–H and O–H groups in total. The molecule has 1 aliphatic carbocycles. The molecule has 1 aromatic heterocycles.